The maximum atomic E-state index is 13.9. The molecule has 3 aromatic rings. The van der Waals surface area contributed by atoms with Crippen LogP contribution < -0.4 is 4.90 Å². The van der Waals surface area contributed by atoms with Crippen LogP contribution in [0.2, 0.25) is 0 Å². The predicted molar refractivity (Wildman–Crippen MR) is 86.7 cm³/mol. The molecule has 128 valence electrons. The lowest BCUT2D eigenvalue weighted by Gasteiger charge is -2.22. The third-order valence-corrected chi connectivity index (χ3v) is 3.94. The summed E-state index contributed by atoms with van der Waals surface area (Å²) in [4.78, 5) is 9.76. The number of nitrogens with zero attached hydrogens (tertiary/aromatic N) is 5. The van der Waals surface area contributed by atoms with E-state index in [1.54, 1.807) is 18.9 Å². The number of fused-ring (bicyclic) bond motifs is 1. The molecule has 0 aliphatic carbocycles. The second kappa shape index (κ2) is 6.43. The zero-order valence-corrected chi connectivity index (χ0v) is 13.5. The molecule has 0 aliphatic heterocycles. The number of aryl methyl sites for hydroxylation is 1. The monoisotopic (exact) mass is 345 g/mol. The Balaban J connectivity index is 2.13. The van der Waals surface area contributed by atoms with Crippen LogP contribution in [0.3, 0.4) is 0 Å². The Hall–Kier alpha value is -3.08. The van der Waals surface area contributed by atoms with Crippen LogP contribution in [0.15, 0.2) is 30.7 Å². The van der Waals surface area contributed by atoms with Crippen LogP contribution in [-0.4, -0.2) is 21.6 Å². The normalized spacial score (nSPS) is 11.1. The van der Waals surface area contributed by atoms with Gasteiger partial charge in [0.2, 0.25) is 0 Å². The second-order valence-corrected chi connectivity index (χ2v) is 5.64. The van der Waals surface area contributed by atoms with E-state index in [2.05, 4.69) is 9.97 Å². The number of nitriles is 1. The topological polar surface area (TPSA) is 57.7 Å². The second-order valence-electron chi connectivity index (χ2n) is 5.64. The molecule has 0 amide bonds. The molecule has 5 nitrogen and oxygen atoms in total. The van der Waals surface area contributed by atoms with Crippen LogP contribution in [-0.2, 0) is 6.54 Å². The number of pyridine rings is 1. The molecule has 0 saturated carbocycles. The smallest absolute Gasteiger partial charge is 0.319 e. The lowest BCUT2D eigenvalue weighted by Crippen LogP contribution is -2.21. The Morgan fingerprint density at radius 2 is 2.08 bits per heavy atom. The average Bonchev–Trinajstić information content (AvgIpc) is 3.01. The fourth-order valence-electron chi connectivity index (χ4n) is 2.85. The Morgan fingerprint density at radius 3 is 2.76 bits per heavy atom. The summed E-state index contributed by atoms with van der Waals surface area (Å²) in [7, 11) is 1.64. The van der Waals surface area contributed by atoms with Crippen molar-refractivity contribution in [3.05, 3.63) is 53.5 Å². The quantitative estimate of drug-likeness (QED) is 0.722. The van der Waals surface area contributed by atoms with Gasteiger partial charge in [0.05, 0.1) is 23.3 Å². The van der Waals surface area contributed by atoms with Gasteiger partial charge in [-0.2, -0.15) is 14.0 Å². The van der Waals surface area contributed by atoms with Crippen LogP contribution in [0, 0.1) is 24.1 Å². The molecule has 0 radical (unpaired) electrons. The van der Waals surface area contributed by atoms with Gasteiger partial charge in [0, 0.05) is 31.0 Å². The van der Waals surface area contributed by atoms with Gasteiger partial charge in [-0.3, -0.25) is 9.55 Å². The molecule has 3 rings (SSSR count). The van der Waals surface area contributed by atoms with Gasteiger partial charge in [0.1, 0.15) is 17.7 Å². The van der Waals surface area contributed by atoms with Gasteiger partial charge < -0.3 is 4.90 Å². The SMILES string of the molecule is Cc1cc(F)cc2c(N(C)Cc3nccn3C(F)F)c(C#N)cnc12. The van der Waals surface area contributed by atoms with Crippen molar-refractivity contribution in [2.24, 2.45) is 0 Å². The van der Waals surface area contributed by atoms with Crippen molar-refractivity contribution in [2.75, 3.05) is 11.9 Å². The van der Waals surface area contributed by atoms with Crippen molar-refractivity contribution < 1.29 is 13.2 Å². The fraction of sp³-hybridized carbons (Fsp3) is 0.235. The van der Waals surface area contributed by atoms with E-state index in [4.69, 9.17) is 0 Å². The Kier molecular flexibility index (Phi) is 4.31. The van der Waals surface area contributed by atoms with E-state index in [1.165, 1.54) is 30.7 Å². The third kappa shape index (κ3) is 3.01. The number of alkyl halides is 2. The van der Waals surface area contributed by atoms with Crippen molar-refractivity contribution in [1.29, 1.82) is 5.26 Å². The Bertz CT molecular complexity index is 974. The number of rotatable bonds is 4. The van der Waals surface area contributed by atoms with Gasteiger partial charge in [0.15, 0.2) is 0 Å². The largest absolute Gasteiger partial charge is 0.365 e. The van der Waals surface area contributed by atoms with Crippen molar-refractivity contribution in [1.82, 2.24) is 14.5 Å². The van der Waals surface area contributed by atoms with E-state index in [0.717, 1.165) is 4.57 Å². The lowest BCUT2D eigenvalue weighted by molar-refractivity contribution is 0.0670. The van der Waals surface area contributed by atoms with E-state index in [0.29, 0.717) is 22.2 Å². The lowest BCUT2D eigenvalue weighted by atomic mass is 10.1. The Labute approximate surface area is 142 Å². The zero-order chi connectivity index (χ0) is 18.1. The standard InChI is InChI=1S/C17H14F3N5/c1-10-5-12(18)6-13-15(10)23-8-11(7-21)16(13)24(2)9-14-22-3-4-25(14)17(19)20/h3-6,8,17H,9H2,1-2H3. The molecule has 0 atom stereocenters. The van der Waals surface area contributed by atoms with Crippen molar-refractivity contribution >= 4 is 16.6 Å². The van der Waals surface area contributed by atoms with Gasteiger partial charge in [-0.15, -0.1) is 0 Å². The highest BCUT2D eigenvalue weighted by molar-refractivity contribution is 5.96. The van der Waals surface area contributed by atoms with Gasteiger partial charge in [0.25, 0.3) is 0 Å². The summed E-state index contributed by atoms with van der Waals surface area (Å²) in [5, 5.41) is 9.84. The van der Waals surface area contributed by atoms with Crippen LogP contribution in [0.4, 0.5) is 18.9 Å². The molecular weight excluding hydrogens is 331 g/mol. The summed E-state index contributed by atoms with van der Waals surface area (Å²) in [6.45, 7) is -0.964. The molecule has 0 unspecified atom stereocenters. The Morgan fingerprint density at radius 1 is 1.32 bits per heavy atom. The fourth-order valence-corrected chi connectivity index (χ4v) is 2.85. The minimum absolute atomic E-state index is 0.0285. The molecule has 8 heteroatoms. The average molecular weight is 345 g/mol. The van der Waals surface area contributed by atoms with Gasteiger partial charge in [-0.05, 0) is 24.6 Å². The summed E-state index contributed by atoms with van der Waals surface area (Å²) >= 11 is 0. The molecule has 0 spiro atoms. The number of benzene rings is 1. The molecule has 2 heterocycles. The maximum absolute atomic E-state index is 13.9. The van der Waals surface area contributed by atoms with Crippen LogP contribution in [0.25, 0.3) is 10.9 Å². The summed E-state index contributed by atoms with van der Waals surface area (Å²) in [5.74, 6) is -0.315. The maximum Gasteiger partial charge on any atom is 0.319 e. The molecule has 0 saturated heterocycles. The first-order valence-corrected chi connectivity index (χ1v) is 7.42. The highest BCUT2D eigenvalue weighted by Gasteiger charge is 2.19. The third-order valence-electron chi connectivity index (χ3n) is 3.94. The minimum atomic E-state index is -2.71. The number of imidazole rings is 1. The highest BCUT2D eigenvalue weighted by atomic mass is 19.3. The first-order valence-electron chi connectivity index (χ1n) is 7.42. The number of halogens is 3. The summed E-state index contributed by atoms with van der Waals surface area (Å²) < 4.78 is 40.6. The van der Waals surface area contributed by atoms with Crippen LogP contribution in [0.1, 0.15) is 23.5 Å². The van der Waals surface area contributed by atoms with E-state index in [9.17, 15) is 18.4 Å². The van der Waals surface area contributed by atoms with Gasteiger partial charge in [-0.25, -0.2) is 9.37 Å². The van der Waals surface area contributed by atoms with E-state index in [1.807, 2.05) is 6.07 Å². The summed E-state index contributed by atoms with van der Waals surface area (Å²) in [5.41, 5.74) is 1.84. The molecular formula is C17H14F3N5. The van der Waals surface area contributed by atoms with E-state index >= 15 is 0 Å². The van der Waals surface area contributed by atoms with E-state index in [-0.39, 0.29) is 17.9 Å². The minimum Gasteiger partial charge on any atom is -0.365 e. The number of aromatic nitrogens is 3. The predicted octanol–water partition coefficient (Wildman–Crippen LogP) is 3.78. The molecule has 0 aliphatic rings. The highest BCUT2D eigenvalue weighted by Crippen LogP contribution is 2.32. The number of anilines is 1. The van der Waals surface area contributed by atoms with E-state index < -0.39 is 12.4 Å². The van der Waals surface area contributed by atoms with Crippen molar-refractivity contribution in [2.45, 2.75) is 20.0 Å². The molecule has 2 aromatic heterocycles. The van der Waals surface area contributed by atoms with Crippen LogP contribution >= 0.6 is 0 Å². The molecule has 0 fully saturated rings. The summed E-state index contributed by atoms with van der Waals surface area (Å²) in [6, 6.07) is 4.67. The number of hydrogen-bond donors (Lipinski definition) is 0. The molecule has 0 bridgehead atoms. The summed E-state index contributed by atoms with van der Waals surface area (Å²) in [6.07, 6.45) is 3.88. The van der Waals surface area contributed by atoms with Crippen molar-refractivity contribution in [3.63, 3.8) is 0 Å². The first kappa shape index (κ1) is 16.8. The van der Waals surface area contributed by atoms with Crippen LogP contribution in [0.5, 0.6) is 0 Å². The zero-order valence-electron chi connectivity index (χ0n) is 13.5. The number of hydrogen-bond acceptors (Lipinski definition) is 4. The molecule has 0 N–H and O–H groups in total. The van der Waals surface area contributed by atoms with Gasteiger partial charge >= 0.3 is 6.55 Å². The van der Waals surface area contributed by atoms with Crippen molar-refractivity contribution in [3.8, 4) is 6.07 Å². The van der Waals surface area contributed by atoms with Gasteiger partial charge in [-0.1, -0.05) is 0 Å². The molecule has 25 heavy (non-hydrogen) atoms. The first-order chi connectivity index (χ1) is 11.9. The molecule has 1 aromatic carbocycles.